The summed E-state index contributed by atoms with van der Waals surface area (Å²) in [5.74, 6) is -4.44. The van der Waals surface area contributed by atoms with Crippen molar-refractivity contribution < 1.29 is 34.4 Å². The Balaban J connectivity index is 2.71. The molecular formula is C8H12O7. The molecule has 1 fully saturated rings. The van der Waals surface area contributed by atoms with Crippen LogP contribution in [0.25, 0.3) is 0 Å². The number of rotatable bonds is 3. The molecule has 0 aromatic rings. The number of esters is 2. The smallest absolute Gasteiger partial charge is 0.373 e. The van der Waals surface area contributed by atoms with Crippen molar-refractivity contribution in [3.63, 3.8) is 0 Å². The van der Waals surface area contributed by atoms with E-state index < -0.39 is 30.4 Å². The summed E-state index contributed by atoms with van der Waals surface area (Å²) < 4.78 is 8.84. The summed E-state index contributed by atoms with van der Waals surface area (Å²) in [6, 6.07) is 0. The standard InChI is InChI=1S/C8H12O7/c9-3-1-2-8(13)14-6(11)4-5(10)7(12)15-8/h5,9-10,13H,1-4H2. The molecule has 15 heavy (non-hydrogen) atoms. The van der Waals surface area contributed by atoms with Crippen molar-refractivity contribution in [2.45, 2.75) is 31.3 Å². The Morgan fingerprint density at radius 1 is 1.40 bits per heavy atom. The van der Waals surface area contributed by atoms with Gasteiger partial charge >= 0.3 is 17.9 Å². The zero-order valence-corrected chi connectivity index (χ0v) is 7.88. The molecule has 0 aliphatic carbocycles. The predicted octanol–water partition coefficient (Wildman–Crippen LogP) is -1.74. The van der Waals surface area contributed by atoms with Crippen molar-refractivity contribution in [2.24, 2.45) is 0 Å². The Morgan fingerprint density at radius 2 is 2.07 bits per heavy atom. The van der Waals surface area contributed by atoms with Crippen LogP contribution in [-0.2, 0) is 19.1 Å². The quantitative estimate of drug-likeness (QED) is 0.483. The number of hydrogen-bond acceptors (Lipinski definition) is 7. The molecule has 2 atom stereocenters. The number of cyclic esters (lactones) is 2. The second-order valence-corrected chi connectivity index (χ2v) is 3.15. The molecule has 3 N–H and O–H groups in total. The van der Waals surface area contributed by atoms with Gasteiger partial charge in [0.25, 0.3) is 0 Å². The molecule has 0 radical (unpaired) electrons. The molecule has 7 nitrogen and oxygen atoms in total. The highest BCUT2D eigenvalue weighted by molar-refractivity contribution is 5.83. The van der Waals surface area contributed by atoms with Gasteiger partial charge < -0.3 is 24.8 Å². The van der Waals surface area contributed by atoms with Gasteiger partial charge in [0.05, 0.1) is 12.8 Å². The highest BCUT2D eigenvalue weighted by atomic mass is 16.8. The fraction of sp³-hybridized carbons (Fsp3) is 0.750. The third-order valence-electron chi connectivity index (χ3n) is 1.82. The Kier molecular flexibility index (Phi) is 3.61. The molecule has 1 aliphatic rings. The van der Waals surface area contributed by atoms with Crippen molar-refractivity contribution in [1.82, 2.24) is 0 Å². The molecule has 1 saturated heterocycles. The minimum Gasteiger partial charge on any atom is -0.398 e. The average molecular weight is 220 g/mol. The van der Waals surface area contributed by atoms with Gasteiger partial charge in [-0.25, -0.2) is 4.79 Å². The van der Waals surface area contributed by atoms with E-state index >= 15 is 0 Å². The summed E-state index contributed by atoms with van der Waals surface area (Å²) in [6.07, 6.45) is -2.33. The van der Waals surface area contributed by atoms with Crippen LogP contribution in [0.2, 0.25) is 0 Å². The average Bonchev–Trinajstić information content (AvgIpc) is 2.22. The second-order valence-electron chi connectivity index (χ2n) is 3.15. The molecule has 7 heteroatoms. The number of aliphatic hydroxyl groups is 3. The van der Waals surface area contributed by atoms with Crippen molar-refractivity contribution in [1.29, 1.82) is 0 Å². The number of ether oxygens (including phenoxy) is 2. The first-order valence-corrected chi connectivity index (χ1v) is 4.43. The predicted molar refractivity (Wildman–Crippen MR) is 44.1 cm³/mol. The van der Waals surface area contributed by atoms with Gasteiger partial charge in [-0.05, 0) is 6.42 Å². The van der Waals surface area contributed by atoms with Gasteiger partial charge in [0.2, 0.25) is 0 Å². The van der Waals surface area contributed by atoms with Gasteiger partial charge in [0.15, 0.2) is 6.10 Å². The number of hydrogen-bond donors (Lipinski definition) is 3. The first-order chi connectivity index (χ1) is 6.97. The lowest BCUT2D eigenvalue weighted by Crippen LogP contribution is -2.38. The van der Waals surface area contributed by atoms with Crippen LogP contribution in [0.4, 0.5) is 0 Å². The SMILES string of the molecule is O=C1CC(O)C(=O)OC(O)(CCCO)O1. The van der Waals surface area contributed by atoms with Gasteiger partial charge in [0, 0.05) is 6.61 Å². The van der Waals surface area contributed by atoms with Gasteiger partial charge in [-0.2, -0.15) is 0 Å². The van der Waals surface area contributed by atoms with Crippen molar-refractivity contribution in [3.05, 3.63) is 0 Å². The van der Waals surface area contributed by atoms with Crippen molar-refractivity contribution in [2.75, 3.05) is 6.61 Å². The lowest BCUT2D eigenvalue weighted by Gasteiger charge is -2.24. The number of carbonyl (C=O) groups is 2. The van der Waals surface area contributed by atoms with Crippen molar-refractivity contribution >= 4 is 11.9 Å². The fourth-order valence-electron chi connectivity index (χ4n) is 1.11. The third-order valence-corrected chi connectivity index (χ3v) is 1.82. The Hall–Kier alpha value is -1.18. The van der Waals surface area contributed by atoms with Crippen molar-refractivity contribution in [3.8, 4) is 0 Å². The van der Waals surface area contributed by atoms with Gasteiger partial charge in [-0.15, -0.1) is 0 Å². The molecule has 1 heterocycles. The summed E-state index contributed by atoms with van der Waals surface area (Å²) in [6.45, 7) is -0.250. The van der Waals surface area contributed by atoms with Crippen LogP contribution in [0.15, 0.2) is 0 Å². The highest BCUT2D eigenvalue weighted by Gasteiger charge is 2.42. The second kappa shape index (κ2) is 4.56. The summed E-state index contributed by atoms with van der Waals surface area (Å²) in [5, 5.41) is 27.1. The molecular weight excluding hydrogens is 208 g/mol. The van der Waals surface area contributed by atoms with Crippen LogP contribution >= 0.6 is 0 Å². The fourth-order valence-corrected chi connectivity index (χ4v) is 1.11. The lowest BCUT2D eigenvalue weighted by atomic mass is 10.3. The van der Waals surface area contributed by atoms with Gasteiger partial charge in [0.1, 0.15) is 0 Å². The van der Waals surface area contributed by atoms with E-state index in [9.17, 15) is 14.7 Å². The van der Waals surface area contributed by atoms with E-state index in [4.69, 9.17) is 10.2 Å². The topological polar surface area (TPSA) is 113 Å². The minimum atomic E-state index is -2.38. The molecule has 1 rings (SSSR count). The Labute approximate surface area is 85.2 Å². The third kappa shape index (κ3) is 3.15. The monoisotopic (exact) mass is 220 g/mol. The zero-order chi connectivity index (χ0) is 11.5. The minimum absolute atomic E-state index is 0.0904. The lowest BCUT2D eigenvalue weighted by molar-refractivity contribution is -0.325. The van der Waals surface area contributed by atoms with Crippen LogP contribution in [-0.4, -0.2) is 45.9 Å². The summed E-state index contributed by atoms with van der Waals surface area (Å²) in [7, 11) is 0. The molecule has 1 aliphatic heterocycles. The van der Waals surface area contributed by atoms with Crippen LogP contribution in [0.3, 0.4) is 0 Å². The molecule has 86 valence electrons. The maximum atomic E-state index is 11.0. The molecule has 0 spiro atoms. The van der Waals surface area contributed by atoms with Crippen LogP contribution in [0.5, 0.6) is 0 Å². The normalized spacial score (nSPS) is 31.8. The largest absolute Gasteiger partial charge is 0.398 e. The molecule has 0 aromatic carbocycles. The number of carbonyl (C=O) groups excluding carboxylic acids is 2. The van der Waals surface area contributed by atoms with E-state index in [-0.39, 0.29) is 19.4 Å². The van der Waals surface area contributed by atoms with Crippen LogP contribution < -0.4 is 0 Å². The van der Waals surface area contributed by atoms with Crippen LogP contribution in [0, 0.1) is 0 Å². The maximum absolute atomic E-state index is 11.0. The van der Waals surface area contributed by atoms with E-state index in [0.717, 1.165) is 0 Å². The number of aliphatic hydroxyl groups excluding tert-OH is 2. The van der Waals surface area contributed by atoms with E-state index in [1.54, 1.807) is 0 Å². The van der Waals surface area contributed by atoms with E-state index in [2.05, 4.69) is 9.47 Å². The summed E-state index contributed by atoms with van der Waals surface area (Å²) in [4.78, 5) is 22.0. The molecule has 0 aromatic heterocycles. The zero-order valence-electron chi connectivity index (χ0n) is 7.88. The summed E-state index contributed by atoms with van der Waals surface area (Å²) in [5.41, 5.74) is 0. The molecule has 0 saturated carbocycles. The highest BCUT2D eigenvalue weighted by Crippen LogP contribution is 2.22. The molecule has 2 unspecified atom stereocenters. The van der Waals surface area contributed by atoms with E-state index in [1.165, 1.54) is 0 Å². The van der Waals surface area contributed by atoms with Crippen LogP contribution in [0.1, 0.15) is 19.3 Å². The Bertz CT molecular complexity index is 264. The molecule has 0 bridgehead atoms. The van der Waals surface area contributed by atoms with Gasteiger partial charge in [-0.1, -0.05) is 0 Å². The van der Waals surface area contributed by atoms with E-state index in [1.807, 2.05) is 0 Å². The first kappa shape index (κ1) is 11.9. The Morgan fingerprint density at radius 3 is 2.67 bits per heavy atom. The summed E-state index contributed by atoms with van der Waals surface area (Å²) >= 11 is 0. The van der Waals surface area contributed by atoms with Gasteiger partial charge in [-0.3, -0.25) is 4.79 Å². The van der Waals surface area contributed by atoms with E-state index in [0.29, 0.717) is 0 Å². The first-order valence-electron chi connectivity index (χ1n) is 4.43. The maximum Gasteiger partial charge on any atom is 0.373 e. The molecule has 0 amide bonds.